The first-order valence-electron chi connectivity index (χ1n) is 8.26. The molecule has 0 spiro atoms. The molecule has 2 fully saturated rings. The van der Waals surface area contributed by atoms with Crippen LogP contribution in [-0.2, 0) is 9.59 Å². The van der Waals surface area contributed by atoms with E-state index in [4.69, 9.17) is 0 Å². The van der Waals surface area contributed by atoms with Gasteiger partial charge in [-0.05, 0) is 37.9 Å². The van der Waals surface area contributed by atoms with Crippen LogP contribution < -0.4 is 0 Å². The Kier molecular flexibility index (Phi) is 5.97. The maximum absolute atomic E-state index is 12.8. The zero-order valence-corrected chi connectivity index (χ0v) is 14.3. The van der Waals surface area contributed by atoms with Gasteiger partial charge in [-0.2, -0.15) is 11.8 Å². The molecule has 120 valence electrons. The van der Waals surface area contributed by atoms with Crippen molar-refractivity contribution in [3.63, 3.8) is 0 Å². The van der Waals surface area contributed by atoms with E-state index >= 15 is 0 Å². The molecule has 1 aliphatic heterocycles. The Bertz CT molecular complexity index is 388. The van der Waals surface area contributed by atoms with Crippen molar-refractivity contribution in [2.75, 3.05) is 19.3 Å². The zero-order chi connectivity index (χ0) is 15.4. The van der Waals surface area contributed by atoms with Crippen LogP contribution in [0.15, 0.2) is 0 Å². The van der Waals surface area contributed by atoms with E-state index in [2.05, 4.69) is 6.92 Å². The highest BCUT2D eigenvalue weighted by atomic mass is 32.2. The van der Waals surface area contributed by atoms with Gasteiger partial charge in [-0.1, -0.05) is 13.8 Å². The summed E-state index contributed by atoms with van der Waals surface area (Å²) in [6.45, 7) is 4.95. The van der Waals surface area contributed by atoms with Gasteiger partial charge in [0.1, 0.15) is 6.04 Å². The van der Waals surface area contributed by atoms with E-state index < -0.39 is 0 Å². The van der Waals surface area contributed by atoms with Gasteiger partial charge in [0.2, 0.25) is 11.8 Å². The first-order chi connectivity index (χ1) is 10.1. The Labute approximate surface area is 132 Å². The lowest BCUT2D eigenvalue weighted by Gasteiger charge is -2.33. The van der Waals surface area contributed by atoms with Crippen LogP contribution in [0.1, 0.15) is 52.4 Å². The standard InChI is InChI=1S/C16H28N2O2S/c1-4-14(18-10-6-7-15(18)19)16(20)17(3)12-8-9-13(11-12)21-5-2/h12-14H,4-11H2,1-3H3/t12-,13-,14-/m1/s1. The van der Waals surface area contributed by atoms with Crippen molar-refractivity contribution in [2.24, 2.45) is 0 Å². The van der Waals surface area contributed by atoms with E-state index in [1.807, 2.05) is 30.6 Å². The number of hydrogen-bond donors (Lipinski definition) is 0. The molecule has 0 bridgehead atoms. The van der Waals surface area contributed by atoms with Gasteiger partial charge in [0.15, 0.2) is 0 Å². The summed E-state index contributed by atoms with van der Waals surface area (Å²) in [7, 11) is 1.93. The molecule has 2 amide bonds. The third-order valence-electron chi connectivity index (χ3n) is 4.81. The molecular weight excluding hydrogens is 284 g/mol. The molecule has 21 heavy (non-hydrogen) atoms. The zero-order valence-electron chi connectivity index (χ0n) is 13.5. The smallest absolute Gasteiger partial charge is 0.245 e. The van der Waals surface area contributed by atoms with E-state index in [-0.39, 0.29) is 17.9 Å². The molecule has 2 rings (SSSR count). The van der Waals surface area contributed by atoms with Crippen molar-refractivity contribution in [1.82, 2.24) is 9.80 Å². The molecule has 0 radical (unpaired) electrons. The largest absolute Gasteiger partial charge is 0.341 e. The predicted octanol–water partition coefficient (Wildman–Crippen LogP) is 2.52. The lowest BCUT2D eigenvalue weighted by molar-refractivity contribution is -0.144. The normalized spacial score (nSPS) is 27.2. The fourth-order valence-corrected chi connectivity index (χ4v) is 4.73. The molecule has 5 heteroatoms. The minimum absolute atomic E-state index is 0.139. The number of likely N-dealkylation sites (tertiary alicyclic amines) is 1. The summed E-state index contributed by atoms with van der Waals surface area (Å²) in [5.41, 5.74) is 0. The highest BCUT2D eigenvalue weighted by Crippen LogP contribution is 2.32. The van der Waals surface area contributed by atoms with Crippen molar-refractivity contribution in [3.05, 3.63) is 0 Å². The summed E-state index contributed by atoms with van der Waals surface area (Å²) in [6, 6.07) is 0.108. The average molecular weight is 312 g/mol. The summed E-state index contributed by atoms with van der Waals surface area (Å²) in [6.07, 6.45) is 5.63. The van der Waals surface area contributed by atoms with Crippen LogP contribution in [0.5, 0.6) is 0 Å². The molecule has 2 aliphatic rings. The number of likely N-dealkylation sites (N-methyl/N-ethyl adjacent to an activating group) is 1. The molecule has 0 aromatic rings. The SMILES string of the molecule is CCS[C@@H]1CC[C@@H](N(C)C(=O)[C@@H](CC)N2CCCC2=O)C1. The quantitative estimate of drug-likeness (QED) is 0.757. The fraction of sp³-hybridized carbons (Fsp3) is 0.875. The number of carbonyl (C=O) groups is 2. The second kappa shape index (κ2) is 7.52. The van der Waals surface area contributed by atoms with Crippen LogP contribution in [0.4, 0.5) is 0 Å². The lowest BCUT2D eigenvalue weighted by atomic mass is 10.1. The summed E-state index contributed by atoms with van der Waals surface area (Å²) in [4.78, 5) is 28.4. The van der Waals surface area contributed by atoms with Crippen molar-refractivity contribution < 1.29 is 9.59 Å². The number of amides is 2. The van der Waals surface area contributed by atoms with Gasteiger partial charge >= 0.3 is 0 Å². The molecule has 0 aromatic heterocycles. The monoisotopic (exact) mass is 312 g/mol. The van der Waals surface area contributed by atoms with Crippen LogP contribution in [0.3, 0.4) is 0 Å². The second-order valence-electron chi connectivity index (χ2n) is 6.11. The van der Waals surface area contributed by atoms with Crippen LogP contribution in [0.25, 0.3) is 0 Å². The van der Waals surface area contributed by atoms with E-state index in [0.717, 1.165) is 38.0 Å². The summed E-state index contributed by atoms with van der Waals surface area (Å²) in [5.74, 6) is 1.43. The summed E-state index contributed by atoms with van der Waals surface area (Å²) >= 11 is 2.01. The Hall–Kier alpha value is -0.710. The molecule has 3 atom stereocenters. The van der Waals surface area contributed by atoms with Crippen LogP contribution in [0, 0.1) is 0 Å². The minimum Gasteiger partial charge on any atom is -0.341 e. The van der Waals surface area contributed by atoms with Gasteiger partial charge in [-0.15, -0.1) is 0 Å². The number of hydrogen-bond acceptors (Lipinski definition) is 3. The molecule has 1 aliphatic carbocycles. The molecule has 1 heterocycles. The van der Waals surface area contributed by atoms with Crippen LogP contribution >= 0.6 is 11.8 Å². The van der Waals surface area contributed by atoms with Crippen LogP contribution in [0.2, 0.25) is 0 Å². The van der Waals surface area contributed by atoms with Crippen LogP contribution in [-0.4, -0.2) is 58.3 Å². The van der Waals surface area contributed by atoms with E-state index in [1.165, 1.54) is 6.42 Å². The number of rotatable bonds is 6. The van der Waals surface area contributed by atoms with Crippen molar-refractivity contribution in [2.45, 2.75) is 69.7 Å². The van der Waals surface area contributed by atoms with Gasteiger partial charge in [0.25, 0.3) is 0 Å². The van der Waals surface area contributed by atoms with Gasteiger partial charge in [-0.3, -0.25) is 9.59 Å². The number of nitrogens with zero attached hydrogens (tertiary/aromatic N) is 2. The van der Waals surface area contributed by atoms with Crippen molar-refractivity contribution in [1.29, 1.82) is 0 Å². The first-order valence-corrected chi connectivity index (χ1v) is 9.31. The number of thioether (sulfide) groups is 1. The first kappa shape index (κ1) is 16.7. The van der Waals surface area contributed by atoms with Crippen molar-refractivity contribution >= 4 is 23.6 Å². The Morgan fingerprint density at radius 1 is 1.43 bits per heavy atom. The molecular formula is C16H28N2O2S. The molecule has 1 saturated carbocycles. The summed E-state index contributed by atoms with van der Waals surface area (Å²) < 4.78 is 0. The van der Waals surface area contributed by atoms with Gasteiger partial charge < -0.3 is 9.80 Å². The summed E-state index contributed by atoms with van der Waals surface area (Å²) in [5, 5.41) is 0.698. The third-order valence-corrected chi connectivity index (χ3v) is 6.05. The van der Waals surface area contributed by atoms with Gasteiger partial charge in [-0.25, -0.2) is 0 Å². The van der Waals surface area contributed by atoms with E-state index in [9.17, 15) is 9.59 Å². The maximum Gasteiger partial charge on any atom is 0.245 e. The molecule has 0 unspecified atom stereocenters. The molecule has 0 aromatic carbocycles. The second-order valence-corrected chi connectivity index (χ2v) is 7.69. The Morgan fingerprint density at radius 3 is 2.76 bits per heavy atom. The van der Waals surface area contributed by atoms with Crippen molar-refractivity contribution in [3.8, 4) is 0 Å². The highest BCUT2D eigenvalue weighted by molar-refractivity contribution is 7.99. The van der Waals surface area contributed by atoms with E-state index in [1.54, 1.807) is 4.90 Å². The Balaban J connectivity index is 1.96. The molecule has 1 saturated heterocycles. The van der Waals surface area contributed by atoms with E-state index in [0.29, 0.717) is 17.7 Å². The third kappa shape index (κ3) is 3.74. The molecule has 0 N–H and O–H groups in total. The number of carbonyl (C=O) groups excluding carboxylic acids is 2. The van der Waals surface area contributed by atoms with Gasteiger partial charge in [0, 0.05) is 31.3 Å². The average Bonchev–Trinajstić information content (AvgIpc) is 3.09. The molecule has 4 nitrogen and oxygen atoms in total. The topological polar surface area (TPSA) is 40.6 Å². The Morgan fingerprint density at radius 2 is 2.19 bits per heavy atom. The van der Waals surface area contributed by atoms with Gasteiger partial charge in [0.05, 0.1) is 0 Å². The lowest BCUT2D eigenvalue weighted by Crippen LogP contribution is -2.50. The highest BCUT2D eigenvalue weighted by Gasteiger charge is 2.37. The minimum atomic E-state index is -0.247. The maximum atomic E-state index is 12.8. The fourth-order valence-electron chi connectivity index (χ4n) is 3.60. The predicted molar refractivity (Wildman–Crippen MR) is 87.4 cm³/mol.